The lowest BCUT2D eigenvalue weighted by atomic mass is 10.2. The quantitative estimate of drug-likeness (QED) is 0.771. The summed E-state index contributed by atoms with van der Waals surface area (Å²) in [6.45, 7) is 5.72. The molecular formula is C11H18N2O. The third-order valence-electron chi connectivity index (χ3n) is 2.17. The lowest BCUT2D eigenvalue weighted by Crippen LogP contribution is -2.29. The summed E-state index contributed by atoms with van der Waals surface area (Å²) in [5.74, 6) is 0. The lowest BCUT2D eigenvalue weighted by molar-refractivity contribution is 0.171. The third-order valence-corrected chi connectivity index (χ3v) is 2.17. The Bertz CT molecular complexity index is 276. The molecule has 1 atom stereocenters. The number of nitrogens with zero attached hydrogens (tertiary/aromatic N) is 1. The molecule has 1 unspecified atom stereocenters. The van der Waals surface area contributed by atoms with Gasteiger partial charge in [-0.3, -0.25) is 4.98 Å². The molecule has 0 saturated heterocycles. The summed E-state index contributed by atoms with van der Waals surface area (Å²) < 4.78 is 5.04. The minimum Gasteiger partial charge on any atom is -0.383 e. The predicted octanol–water partition coefficient (Wildman–Crippen LogP) is 1.51. The molecule has 1 N–H and O–H groups in total. The van der Waals surface area contributed by atoms with Crippen LogP contribution < -0.4 is 5.32 Å². The Morgan fingerprint density at radius 3 is 3.00 bits per heavy atom. The van der Waals surface area contributed by atoms with Gasteiger partial charge >= 0.3 is 0 Å². The van der Waals surface area contributed by atoms with Crippen molar-refractivity contribution < 1.29 is 4.74 Å². The molecular weight excluding hydrogens is 176 g/mol. The molecule has 1 heterocycles. The fourth-order valence-electron chi connectivity index (χ4n) is 1.30. The Balaban J connectivity index is 2.41. The maximum Gasteiger partial charge on any atom is 0.0613 e. The normalized spacial score (nSPS) is 12.8. The van der Waals surface area contributed by atoms with E-state index in [4.69, 9.17) is 4.74 Å². The average molecular weight is 194 g/mol. The van der Waals surface area contributed by atoms with Crippen molar-refractivity contribution in [3.8, 4) is 0 Å². The Hall–Kier alpha value is -0.930. The van der Waals surface area contributed by atoms with E-state index in [1.165, 1.54) is 5.56 Å². The SMILES string of the molecule is COCC(C)NCc1cccnc1C. The molecule has 1 rings (SSSR count). The van der Waals surface area contributed by atoms with Crippen LogP contribution in [-0.2, 0) is 11.3 Å². The monoisotopic (exact) mass is 194 g/mol. The Kier molecular flexibility index (Phi) is 4.56. The van der Waals surface area contributed by atoms with Gasteiger partial charge in [-0.25, -0.2) is 0 Å². The van der Waals surface area contributed by atoms with Gasteiger partial charge < -0.3 is 10.1 Å². The van der Waals surface area contributed by atoms with Gasteiger partial charge in [0.25, 0.3) is 0 Å². The first kappa shape index (κ1) is 11.1. The number of hydrogen-bond donors (Lipinski definition) is 1. The van der Waals surface area contributed by atoms with Gasteiger partial charge in [-0.1, -0.05) is 6.07 Å². The largest absolute Gasteiger partial charge is 0.383 e. The number of aromatic nitrogens is 1. The smallest absolute Gasteiger partial charge is 0.0613 e. The standard InChI is InChI=1S/C11H18N2O/c1-9(8-14-3)13-7-11-5-4-6-12-10(11)2/h4-6,9,13H,7-8H2,1-3H3. The number of rotatable bonds is 5. The van der Waals surface area contributed by atoms with Crippen LogP contribution in [0.15, 0.2) is 18.3 Å². The number of methoxy groups -OCH3 is 1. The van der Waals surface area contributed by atoms with Gasteiger partial charge in [0.15, 0.2) is 0 Å². The van der Waals surface area contributed by atoms with Gasteiger partial charge in [-0.05, 0) is 25.5 Å². The molecule has 0 aliphatic heterocycles. The average Bonchev–Trinajstić information content (AvgIpc) is 2.17. The molecule has 0 aromatic carbocycles. The van der Waals surface area contributed by atoms with Gasteiger partial charge in [0.05, 0.1) is 6.61 Å². The predicted molar refractivity (Wildman–Crippen MR) is 57.2 cm³/mol. The van der Waals surface area contributed by atoms with Crippen molar-refractivity contribution in [2.75, 3.05) is 13.7 Å². The zero-order valence-corrected chi connectivity index (χ0v) is 9.08. The molecule has 0 radical (unpaired) electrons. The Morgan fingerprint density at radius 2 is 2.36 bits per heavy atom. The van der Waals surface area contributed by atoms with Gasteiger partial charge in [-0.15, -0.1) is 0 Å². The van der Waals surface area contributed by atoms with Gasteiger partial charge in [0, 0.05) is 31.6 Å². The van der Waals surface area contributed by atoms with E-state index in [2.05, 4.69) is 23.3 Å². The Labute approximate surface area is 85.5 Å². The van der Waals surface area contributed by atoms with Crippen molar-refractivity contribution >= 4 is 0 Å². The summed E-state index contributed by atoms with van der Waals surface area (Å²) in [4.78, 5) is 4.23. The van der Waals surface area contributed by atoms with Gasteiger partial charge in [0.1, 0.15) is 0 Å². The minimum absolute atomic E-state index is 0.375. The van der Waals surface area contributed by atoms with E-state index >= 15 is 0 Å². The highest BCUT2D eigenvalue weighted by atomic mass is 16.5. The second-order valence-electron chi connectivity index (χ2n) is 3.49. The number of aryl methyl sites for hydroxylation is 1. The second-order valence-corrected chi connectivity index (χ2v) is 3.49. The summed E-state index contributed by atoms with van der Waals surface area (Å²) in [6.07, 6.45) is 1.82. The van der Waals surface area contributed by atoms with Crippen LogP contribution in [0.1, 0.15) is 18.2 Å². The van der Waals surface area contributed by atoms with Crippen LogP contribution in [0, 0.1) is 6.92 Å². The van der Waals surface area contributed by atoms with Crippen molar-refractivity contribution in [3.63, 3.8) is 0 Å². The molecule has 3 heteroatoms. The van der Waals surface area contributed by atoms with Crippen molar-refractivity contribution in [2.45, 2.75) is 26.4 Å². The van der Waals surface area contributed by atoms with Gasteiger partial charge in [0.2, 0.25) is 0 Å². The van der Waals surface area contributed by atoms with E-state index in [9.17, 15) is 0 Å². The number of hydrogen-bond acceptors (Lipinski definition) is 3. The first-order valence-electron chi connectivity index (χ1n) is 4.87. The maximum atomic E-state index is 5.04. The molecule has 0 aliphatic carbocycles. The summed E-state index contributed by atoms with van der Waals surface area (Å²) in [6, 6.07) is 4.43. The summed E-state index contributed by atoms with van der Waals surface area (Å²) in [5, 5.41) is 3.38. The van der Waals surface area contributed by atoms with Crippen LogP contribution in [0.3, 0.4) is 0 Å². The van der Waals surface area contributed by atoms with Crippen molar-refractivity contribution in [3.05, 3.63) is 29.6 Å². The summed E-state index contributed by atoms with van der Waals surface area (Å²) in [5.41, 5.74) is 2.33. The number of pyridine rings is 1. The molecule has 14 heavy (non-hydrogen) atoms. The molecule has 0 amide bonds. The van der Waals surface area contributed by atoms with E-state index in [0.29, 0.717) is 6.04 Å². The van der Waals surface area contributed by atoms with Crippen LogP contribution in [0.4, 0.5) is 0 Å². The molecule has 0 saturated carbocycles. The van der Waals surface area contributed by atoms with Crippen molar-refractivity contribution in [2.24, 2.45) is 0 Å². The van der Waals surface area contributed by atoms with E-state index in [0.717, 1.165) is 18.8 Å². The van der Waals surface area contributed by atoms with Crippen LogP contribution in [-0.4, -0.2) is 24.7 Å². The van der Waals surface area contributed by atoms with E-state index in [1.807, 2.05) is 19.2 Å². The molecule has 78 valence electrons. The molecule has 3 nitrogen and oxygen atoms in total. The zero-order valence-electron chi connectivity index (χ0n) is 9.08. The molecule has 1 aromatic heterocycles. The molecule has 0 bridgehead atoms. The first-order chi connectivity index (χ1) is 6.74. The number of ether oxygens (including phenoxy) is 1. The highest BCUT2D eigenvalue weighted by Crippen LogP contribution is 2.03. The van der Waals surface area contributed by atoms with E-state index < -0.39 is 0 Å². The first-order valence-corrected chi connectivity index (χ1v) is 4.87. The minimum atomic E-state index is 0.375. The molecule has 1 aromatic rings. The summed E-state index contributed by atoms with van der Waals surface area (Å²) in [7, 11) is 1.72. The lowest BCUT2D eigenvalue weighted by Gasteiger charge is -2.13. The van der Waals surface area contributed by atoms with Crippen molar-refractivity contribution in [1.29, 1.82) is 0 Å². The topological polar surface area (TPSA) is 34.1 Å². The molecule has 0 spiro atoms. The second kappa shape index (κ2) is 5.73. The number of nitrogens with one attached hydrogen (secondary N) is 1. The third kappa shape index (κ3) is 3.44. The maximum absolute atomic E-state index is 5.04. The van der Waals surface area contributed by atoms with Crippen LogP contribution in [0.25, 0.3) is 0 Å². The van der Waals surface area contributed by atoms with Crippen LogP contribution in [0.2, 0.25) is 0 Å². The van der Waals surface area contributed by atoms with Crippen molar-refractivity contribution in [1.82, 2.24) is 10.3 Å². The molecule has 0 aliphatic rings. The highest BCUT2D eigenvalue weighted by molar-refractivity contribution is 5.17. The fraction of sp³-hybridized carbons (Fsp3) is 0.545. The Morgan fingerprint density at radius 1 is 1.57 bits per heavy atom. The highest BCUT2D eigenvalue weighted by Gasteiger charge is 2.02. The fourth-order valence-corrected chi connectivity index (χ4v) is 1.30. The summed E-state index contributed by atoms with van der Waals surface area (Å²) >= 11 is 0. The van der Waals surface area contributed by atoms with Gasteiger partial charge in [-0.2, -0.15) is 0 Å². The van der Waals surface area contributed by atoms with E-state index in [-0.39, 0.29) is 0 Å². The zero-order chi connectivity index (χ0) is 10.4. The van der Waals surface area contributed by atoms with Crippen LogP contribution in [0.5, 0.6) is 0 Å². The van der Waals surface area contributed by atoms with E-state index in [1.54, 1.807) is 7.11 Å². The molecule has 0 fully saturated rings. The van der Waals surface area contributed by atoms with Crippen LogP contribution >= 0.6 is 0 Å².